The Balaban J connectivity index is 1.90. The first-order chi connectivity index (χ1) is 13.2. The van der Waals surface area contributed by atoms with Crippen LogP contribution in [-0.4, -0.2) is 15.6 Å². The first-order valence-corrected chi connectivity index (χ1v) is 8.36. The Labute approximate surface area is 156 Å². The molecule has 0 fully saturated rings. The zero-order valence-corrected chi connectivity index (χ0v) is 14.7. The minimum absolute atomic E-state index is 0.109. The molecule has 0 unspecified atom stereocenters. The minimum Gasteiger partial charge on any atom is -0.273 e. The molecule has 2 aromatic carbocycles. The number of nitrogens with one attached hydrogen (secondary N) is 1. The molecule has 0 bridgehead atoms. The Morgan fingerprint density at radius 1 is 1.18 bits per heavy atom. The van der Waals surface area contributed by atoms with Crippen LogP contribution in [0.5, 0.6) is 0 Å². The van der Waals surface area contributed by atoms with Crippen molar-refractivity contribution in [3.8, 4) is 0 Å². The molecule has 28 heavy (non-hydrogen) atoms. The van der Waals surface area contributed by atoms with Crippen LogP contribution in [0.1, 0.15) is 23.9 Å². The molecule has 0 aliphatic rings. The van der Waals surface area contributed by atoms with E-state index in [-0.39, 0.29) is 35.1 Å². The number of aryl methyl sites for hydroxylation is 1. The van der Waals surface area contributed by atoms with Crippen LogP contribution in [0.4, 0.5) is 17.6 Å². The predicted octanol–water partition coefficient (Wildman–Crippen LogP) is 3.43. The van der Waals surface area contributed by atoms with Crippen molar-refractivity contribution in [2.45, 2.75) is 25.9 Å². The zero-order chi connectivity index (χ0) is 20.5. The van der Waals surface area contributed by atoms with Gasteiger partial charge in [0.05, 0.1) is 22.9 Å². The number of fused-ring (bicyclic) bond motifs is 1. The van der Waals surface area contributed by atoms with Gasteiger partial charge < -0.3 is 0 Å². The summed E-state index contributed by atoms with van der Waals surface area (Å²) in [4.78, 5) is 29.1. The van der Waals surface area contributed by atoms with Crippen molar-refractivity contribution in [1.29, 1.82) is 0 Å². The molecule has 0 radical (unpaired) electrons. The lowest BCUT2D eigenvalue weighted by Gasteiger charge is -2.14. The van der Waals surface area contributed by atoms with Crippen molar-refractivity contribution in [2.24, 2.45) is 0 Å². The molecule has 1 N–H and O–H groups in total. The Kier molecular flexibility index (Phi) is 5.17. The van der Waals surface area contributed by atoms with Crippen LogP contribution >= 0.6 is 0 Å². The van der Waals surface area contributed by atoms with Gasteiger partial charge >= 0.3 is 6.18 Å². The molecule has 0 spiro atoms. The fourth-order valence-electron chi connectivity index (χ4n) is 2.76. The van der Waals surface area contributed by atoms with E-state index in [1.54, 1.807) is 6.92 Å². The first kappa shape index (κ1) is 19.5. The SMILES string of the molecule is CCc1nc2cc(F)ccc2c(=O)n1NC(=O)Cc1cccc(C(F)(F)F)c1. The smallest absolute Gasteiger partial charge is 0.273 e. The number of carbonyl (C=O) groups is 1. The minimum atomic E-state index is -4.52. The molecule has 5 nitrogen and oxygen atoms in total. The summed E-state index contributed by atoms with van der Waals surface area (Å²) in [6.07, 6.45) is -4.61. The summed E-state index contributed by atoms with van der Waals surface area (Å²) in [5.41, 5.74) is 1.22. The fourth-order valence-corrected chi connectivity index (χ4v) is 2.76. The van der Waals surface area contributed by atoms with Gasteiger partial charge in [-0.1, -0.05) is 25.1 Å². The van der Waals surface area contributed by atoms with E-state index >= 15 is 0 Å². The highest BCUT2D eigenvalue weighted by Gasteiger charge is 2.30. The van der Waals surface area contributed by atoms with Crippen LogP contribution in [0.3, 0.4) is 0 Å². The van der Waals surface area contributed by atoms with Gasteiger partial charge in [0, 0.05) is 12.5 Å². The maximum Gasteiger partial charge on any atom is 0.416 e. The van der Waals surface area contributed by atoms with Gasteiger partial charge in [-0.15, -0.1) is 0 Å². The van der Waals surface area contributed by atoms with Crippen molar-refractivity contribution in [3.05, 3.63) is 75.6 Å². The highest BCUT2D eigenvalue weighted by Crippen LogP contribution is 2.29. The van der Waals surface area contributed by atoms with Crippen molar-refractivity contribution < 1.29 is 22.4 Å². The molecule has 1 aromatic heterocycles. The number of benzene rings is 2. The van der Waals surface area contributed by atoms with Crippen LogP contribution < -0.4 is 11.0 Å². The van der Waals surface area contributed by atoms with E-state index in [0.29, 0.717) is 0 Å². The van der Waals surface area contributed by atoms with Crippen LogP contribution in [0.15, 0.2) is 47.3 Å². The van der Waals surface area contributed by atoms with Gasteiger partial charge in [0.2, 0.25) is 5.91 Å². The summed E-state index contributed by atoms with van der Waals surface area (Å²) >= 11 is 0. The van der Waals surface area contributed by atoms with Crippen molar-refractivity contribution in [3.63, 3.8) is 0 Å². The van der Waals surface area contributed by atoms with Gasteiger partial charge in [-0.25, -0.2) is 14.1 Å². The second kappa shape index (κ2) is 7.41. The Hall–Kier alpha value is -3.23. The summed E-state index contributed by atoms with van der Waals surface area (Å²) in [6, 6.07) is 7.87. The molecule has 0 saturated carbocycles. The Morgan fingerprint density at radius 3 is 2.61 bits per heavy atom. The first-order valence-electron chi connectivity index (χ1n) is 8.36. The quantitative estimate of drug-likeness (QED) is 0.691. The average molecular weight is 393 g/mol. The predicted molar refractivity (Wildman–Crippen MR) is 94.9 cm³/mol. The lowest BCUT2D eigenvalue weighted by Crippen LogP contribution is -2.37. The van der Waals surface area contributed by atoms with E-state index in [4.69, 9.17) is 0 Å². The number of hydrogen-bond acceptors (Lipinski definition) is 3. The number of hydrogen-bond donors (Lipinski definition) is 1. The summed E-state index contributed by atoms with van der Waals surface area (Å²) in [6.45, 7) is 1.70. The normalized spacial score (nSPS) is 11.6. The lowest BCUT2D eigenvalue weighted by molar-refractivity contribution is -0.137. The number of halogens is 4. The maximum absolute atomic E-state index is 13.4. The van der Waals surface area contributed by atoms with E-state index < -0.39 is 29.0 Å². The van der Waals surface area contributed by atoms with Gasteiger partial charge in [-0.3, -0.25) is 15.0 Å². The second-order valence-corrected chi connectivity index (χ2v) is 6.09. The molecule has 1 heterocycles. The summed E-state index contributed by atoms with van der Waals surface area (Å²) in [5, 5.41) is 0.109. The molecule has 0 aliphatic heterocycles. The number of rotatable bonds is 4. The maximum atomic E-state index is 13.4. The molecular weight excluding hydrogens is 378 g/mol. The van der Waals surface area contributed by atoms with Crippen LogP contribution in [0, 0.1) is 5.82 Å². The molecular formula is C19H15F4N3O2. The van der Waals surface area contributed by atoms with Crippen LogP contribution in [0.2, 0.25) is 0 Å². The van der Waals surface area contributed by atoms with E-state index in [1.807, 2.05) is 0 Å². The third-order valence-corrected chi connectivity index (χ3v) is 4.07. The van der Waals surface area contributed by atoms with Gasteiger partial charge in [-0.05, 0) is 23.8 Å². The van der Waals surface area contributed by atoms with Gasteiger partial charge in [0.25, 0.3) is 5.56 Å². The van der Waals surface area contributed by atoms with Crippen molar-refractivity contribution >= 4 is 16.8 Å². The van der Waals surface area contributed by atoms with Gasteiger partial charge in [0.1, 0.15) is 11.6 Å². The van der Waals surface area contributed by atoms with Crippen LogP contribution in [-0.2, 0) is 23.8 Å². The summed E-state index contributed by atoms with van der Waals surface area (Å²) in [5.74, 6) is -1.03. The molecule has 0 aliphatic carbocycles. The molecule has 0 saturated heterocycles. The number of amides is 1. The van der Waals surface area contributed by atoms with E-state index in [2.05, 4.69) is 10.4 Å². The highest BCUT2D eigenvalue weighted by atomic mass is 19.4. The van der Waals surface area contributed by atoms with E-state index in [0.717, 1.165) is 28.9 Å². The largest absolute Gasteiger partial charge is 0.416 e. The van der Waals surface area contributed by atoms with E-state index in [1.165, 1.54) is 18.2 Å². The highest BCUT2D eigenvalue weighted by molar-refractivity contribution is 5.86. The van der Waals surface area contributed by atoms with Crippen LogP contribution in [0.25, 0.3) is 10.9 Å². The molecule has 1 amide bonds. The average Bonchev–Trinajstić information content (AvgIpc) is 2.63. The number of carbonyl (C=O) groups excluding carboxylic acids is 1. The molecule has 9 heteroatoms. The monoisotopic (exact) mass is 393 g/mol. The fraction of sp³-hybridized carbons (Fsp3) is 0.211. The number of alkyl halides is 3. The van der Waals surface area contributed by atoms with Gasteiger partial charge in [0.15, 0.2) is 0 Å². The third kappa shape index (κ3) is 4.03. The van der Waals surface area contributed by atoms with Crippen molar-refractivity contribution in [1.82, 2.24) is 9.66 Å². The molecule has 0 atom stereocenters. The van der Waals surface area contributed by atoms with E-state index in [9.17, 15) is 27.2 Å². The topological polar surface area (TPSA) is 64.0 Å². The lowest BCUT2D eigenvalue weighted by atomic mass is 10.1. The second-order valence-electron chi connectivity index (χ2n) is 6.09. The number of nitrogens with zero attached hydrogens (tertiary/aromatic N) is 2. The standard InChI is InChI=1S/C19H15F4N3O2/c1-2-16-24-15-10-13(20)6-7-14(15)18(28)26(16)25-17(27)9-11-4-3-5-12(8-11)19(21,22)23/h3-8,10H,2,9H2,1H3,(H,25,27). The molecule has 146 valence electrons. The zero-order valence-electron chi connectivity index (χ0n) is 14.7. The summed E-state index contributed by atoms with van der Waals surface area (Å²) in [7, 11) is 0. The summed E-state index contributed by atoms with van der Waals surface area (Å²) < 4.78 is 52.7. The van der Waals surface area contributed by atoms with Crippen molar-refractivity contribution in [2.75, 3.05) is 5.43 Å². The molecule has 3 aromatic rings. The Morgan fingerprint density at radius 2 is 1.93 bits per heavy atom. The number of aromatic nitrogens is 2. The van der Waals surface area contributed by atoms with Gasteiger partial charge in [-0.2, -0.15) is 13.2 Å². The third-order valence-electron chi connectivity index (χ3n) is 4.07. The molecule has 3 rings (SSSR count). The Bertz CT molecular complexity index is 1110.